The SMILES string of the molecule is CN([C@@H](CCOC=O)C(=O)O)[C@]1(c2ccccc2Cl)CCC[C@@H](O)C1=O. The average molecular weight is 384 g/mol. The van der Waals surface area contributed by atoms with Crippen LogP contribution in [-0.2, 0) is 24.7 Å². The predicted molar refractivity (Wildman–Crippen MR) is 93.8 cm³/mol. The van der Waals surface area contributed by atoms with Crippen LogP contribution in [0.4, 0.5) is 0 Å². The highest BCUT2D eigenvalue weighted by Crippen LogP contribution is 2.43. The van der Waals surface area contributed by atoms with Crippen molar-refractivity contribution >= 4 is 29.8 Å². The molecular weight excluding hydrogens is 362 g/mol. The van der Waals surface area contributed by atoms with Crippen molar-refractivity contribution in [2.45, 2.75) is 43.4 Å². The third-order valence-corrected chi connectivity index (χ3v) is 5.31. The maximum Gasteiger partial charge on any atom is 0.321 e. The number of aliphatic carboxylic acids is 1. The van der Waals surface area contributed by atoms with E-state index in [2.05, 4.69) is 4.74 Å². The van der Waals surface area contributed by atoms with Gasteiger partial charge in [0.1, 0.15) is 17.7 Å². The predicted octanol–water partition coefficient (Wildman–Crippen LogP) is 1.60. The number of carbonyl (C=O) groups excluding carboxylic acids is 2. The fourth-order valence-electron chi connectivity index (χ4n) is 3.66. The van der Waals surface area contributed by atoms with Crippen molar-refractivity contribution in [1.29, 1.82) is 0 Å². The summed E-state index contributed by atoms with van der Waals surface area (Å²) in [6.45, 7) is 0.151. The maximum atomic E-state index is 13.1. The largest absolute Gasteiger partial charge is 0.480 e. The number of carboxylic acids is 1. The molecule has 0 saturated heterocycles. The molecule has 7 nitrogen and oxygen atoms in total. The van der Waals surface area contributed by atoms with Crippen molar-refractivity contribution in [1.82, 2.24) is 4.90 Å². The fourth-order valence-corrected chi connectivity index (χ4v) is 3.95. The molecule has 8 heteroatoms. The van der Waals surface area contributed by atoms with Crippen LogP contribution in [0.25, 0.3) is 0 Å². The van der Waals surface area contributed by atoms with Crippen LogP contribution in [0.5, 0.6) is 0 Å². The molecule has 0 spiro atoms. The molecule has 1 aromatic rings. The smallest absolute Gasteiger partial charge is 0.321 e. The van der Waals surface area contributed by atoms with E-state index in [4.69, 9.17) is 11.6 Å². The van der Waals surface area contributed by atoms with Gasteiger partial charge in [0, 0.05) is 11.4 Å². The molecule has 2 N–H and O–H groups in total. The van der Waals surface area contributed by atoms with E-state index in [0.29, 0.717) is 29.8 Å². The number of ether oxygens (including phenoxy) is 1. The number of aliphatic hydroxyl groups is 1. The van der Waals surface area contributed by atoms with Crippen LogP contribution < -0.4 is 0 Å². The molecule has 0 heterocycles. The van der Waals surface area contributed by atoms with Gasteiger partial charge in [-0.3, -0.25) is 19.3 Å². The molecule has 1 aliphatic carbocycles. The van der Waals surface area contributed by atoms with Crippen LogP contribution in [-0.4, -0.2) is 59.1 Å². The molecular formula is C18H22ClNO6. The van der Waals surface area contributed by atoms with E-state index >= 15 is 0 Å². The molecule has 3 atom stereocenters. The third-order valence-electron chi connectivity index (χ3n) is 4.98. The van der Waals surface area contributed by atoms with Crippen molar-refractivity contribution in [3.05, 3.63) is 34.9 Å². The standard InChI is InChI=1S/C18H22ClNO6/c1-20(14(17(24)25)8-10-26-11-21)18(9-4-7-15(22)16(18)23)12-5-2-3-6-13(12)19/h2-3,5-6,11,14-15,22H,4,7-10H2,1H3,(H,24,25)/t14-,15+,18-/m0/s1. The summed E-state index contributed by atoms with van der Waals surface area (Å²) >= 11 is 6.34. The van der Waals surface area contributed by atoms with Gasteiger partial charge in [0.05, 0.1) is 6.61 Å². The molecule has 0 unspecified atom stereocenters. The van der Waals surface area contributed by atoms with Crippen molar-refractivity contribution in [2.24, 2.45) is 0 Å². The summed E-state index contributed by atoms with van der Waals surface area (Å²) in [5, 5.41) is 20.2. The summed E-state index contributed by atoms with van der Waals surface area (Å²) in [5.41, 5.74) is -0.893. The maximum absolute atomic E-state index is 13.1. The van der Waals surface area contributed by atoms with Gasteiger partial charge in [0.25, 0.3) is 6.47 Å². The van der Waals surface area contributed by atoms with Crippen molar-refractivity contribution in [3.8, 4) is 0 Å². The zero-order valence-electron chi connectivity index (χ0n) is 14.4. The Bertz CT molecular complexity index is 681. The minimum Gasteiger partial charge on any atom is -0.480 e. The second kappa shape index (κ2) is 8.62. The van der Waals surface area contributed by atoms with Gasteiger partial charge < -0.3 is 14.9 Å². The van der Waals surface area contributed by atoms with E-state index in [1.54, 1.807) is 24.3 Å². The number of nitrogens with zero attached hydrogens (tertiary/aromatic N) is 1. The van der Waals surface area contributed by atoms with Crippen LogP contribution in [0.15, 0.2) is 24.3 Å². The van der Waals surface area contributed by atoms with E-state index in [9.17, 15) is 24.6 Å². The Morgan fingerprint density at radius 3 is 2.81 bits per heavy atom. The first kappa shape index (κ1) is 20.4. The monoisotopic (exact) mass is 383 g/mol. The Morgan fingerprint density at radius 2 is 2.19 bits per heavy atom. The summed E-state index contributed by atoms with van der Waals surface area (Å²) in [4.78, 5) is 36.7. The highest BCUT2D eigenvalue weighted by Gasteiger charge is 2.52. The first-order chi connectivity index (χ1) is 12.4. The molecule has 1 saturated carbocycles. The van der Waals surface area contributed by atoms with Gasteiger partial charge in [-0.2, -0.15) is 0 Å². The lowest BCUT2D eigenvalue weighted by Gasteiger charge is -2.47. The normalized spacial score (nSPS) is 24.3. The minimum atomic E-state index is -1.36. The molecule has 2 rings (SSSR count). The topological polar surface area (TPSA) is 104 Å². The van der Waals surface area contributed by atoms with E-state index in [1.807, 2.05) is 0 Å². The van der Waals surface area contributed by atoms with Crippen LogP contribution in [0.2, 0.25) is 5.02 Å². The van der Waals surface area contributed by atoms with Gasteiger partial charge in [0.15, 0.2) is 5.78 Å². The molecule has 1 aromatic carbocycles. The second-order valence-corrected chi connectivity index (χ2v) is 6.74. The zero-order chi connectivity index (χ0) is 19.3. The summed E-state index contributed by atoms with van der Waals surface area (Å²) in [6, 6.07) is 5.65. The quantitative estimate of drug-likeness (QED) is 0.519. The lowest BCUT2D eigenvalue weighted by molar-refractivity contribution is -0.156. The molecule has 0 aliphatic heterocycles. The third kappa shape index (κ3) is 3.75. The van der Waals surface area contributed by atoms with Gasteiger partial charge in [0.2, 0.25) is 0 Å². The summed E-state index contributed by atoms with van der Waals surface area (Å²) in [6.07, 6.45) is 0.00897. The van der Waals surface area contributed by atoms with Gasteiger partial charge in [-0.25, -0.2) is 0 Å². The van der Waals surface area contributed by atoms with Crippen molar-refractivity contribution < 1.29 is 29.3 Å². The highest BCUT2D eigenvalue weighted by atomic mass is 35.5. The summed E-state index contributed by atoms with van der Waals surface area (Å²) < 4.78 is 4.63. The highest BCUT2D eigenvalue weighted by molar-refractivity contribution is 6.31. The fraction of sp³-hybridized carbons (Fsp3) is 0.500. The molecule has 26 heavy (non-hydrogen) atoms. The Kier molecular flexibility index (Phi) is 6.75. The van der Waals surface area contributed by atoms with Crippen LogP contribution >= 0.6 is 11.6 Å². The zero-order valence-corrected chi connectivity index (χ0v) is 15.2. The number of aliphatic hydroxyl groups excluding tert-OH is 1. The number of rotatable bonds is 8. The Balaban J connectivity index is 2.52. The first-order valence-corrected chi connectivity index (χ1v) is 8.72. The molecule has 1 fully saturated rings. The van der Waals surface area contributed by atoms with Crippen LogP contribution in [0.3, 0.4) is 0 Å². The molecule has 1 aliphatic rings. The van der Waals surface area contributed by atoms with E-state index in [1.165, 1.54) is 11.9 Å². The van der Waals surface area contributed by atoms with Crippen LogP contribution in [0, 0.1) is 0 Å². The number of ketones is 1. The van der Waals surface area contributed by atoms with Gasteiger partial charge in [-0.05, 0) is 37.9 Å². The number of halogens is 1. The number of hydrogen-bond donors (Lipinski definition) is 2. The van der Waals surface area contributed by atoms with E-state index < -0.39 is 29.4 Å². The lowest BCUT2D eigenvalue weighted by Crippen LogP contribution is -2.60. The minimum absolute atomic E-state index is 0.000150. The van der Waals surface area contributed by atoms with Crippen molar-refractivity contribution in [3.63, 3.8) is 0 Å². The second-order valence-electron chi connectivity index (χ2n) is 6.33. The van der Waals surface area contributed by atoms with Crippen molar-refractivity contribution in [2.75, 3.05) is 13.7 Å². The number of carboxylic acid groups (broad SMARTS) is 1. The molecule has 0 radical (unpaired) electrons. The average Bonchev–Trinajstić information content (AvgIpc) is 2.61. The number of Topliss-reactive ketones (excluding diaryl/α,β-unsaturated/α-hetero) is 1. The number of benzene rings is 1. The van der Waals surface area contributed by atoms with Gasteiger partial charge >= 0.3 is 5.97 Å². The number of carbonyl (C=O) groups is 3. The molecule has 142 valence electrons. The Labute approximate surface area is 156 Å². The van der Waals surface area contributed by atoms with E-state index in [-0.39, 0.29) is 19.5 Å². The first-order valence-electron chi connectivity index (χ1n) is 8.34. The summed E-state index contributed by atoms with van der Waals surface area (Å²) in [7, 11) is 1.53. The van der Waals surface area contributed by atoms with Gasteiger partial charge in [-0.1, -0.05) is 29.8 Å². The van der Waals surface area contributed by atoms with Gasteiger partial charge in [-0.15, -0.1) is 0 Å². The molecule has 0 bridgehead atoms. The Hall–Kier alpha value is -1.96. The summed E-state index contributed by atoms with van der Waals surface area (Å²) in [5.74, 6) is -1.62. The Morgan fingerprint density at radius 1 is 1.50 bits per heavy atom. The molecule has 0 aromatic heterocycles. The number of likely N-dealkylation sites (N-methyl/N-ethyl adjacent to an activating group) is 1. The molecule has 0 amide bonds. The number of hydrogen-bond acceptors (Lipinski definition) is 6. The van der Waals surface area contributed by atoms with Crippen LogP contribution in [0.1, 0.15) is 31.2 Å². The van der Waals surface area contributed by atoms with E-state index in [0.717, 1.165) is 0 Å². The lowest BCUT2D eigenvalue weighted by atomic mass is 9.72.